The summed E-state index contributed by atoms with van der Waals surface area (Å²) < 4.78 is 10.4. The average molecular weight is 277 g/mol. The number of carbonyl (C=O) groups excluding carboxylic acids is 1. The van der Waals surface area contributed by atoms with Crippen molar-refractivity contribution < 1.29 is 14.3 Å². The molecule has 0 saturated heterocycles. The molecule has 0 aliphatic heterocycles. The summed E-state index contributed by atoms with van der Waals surface area (Å²) in [6.45, 7) is 3.91. The van der Waals surface area contributed by atoms with Crippen molar-refractivity contribution in [2.75, 3.05) is 26.9 Å². The molecule has 1 amide bonds. The largest absolute Gasteiger partial charge is 0.494 e. The molecule has 1 aromatic carbocycles. The molecule has 0 aliphatic rings. The minimum Gasteiger partial charge on any atom is -0.494 e. The van der Waals surface area contributed by atoms with Gasteiger partial charge in [-0.25, -0.2) is 0 Å². The zero-order valence-electron chi connectivity index (χ0n) is 12.2. The van der Waals surface area contributed by atoms with E-state index in [4.69, 9.17) is 9.47 Å². The first kappa shape index (κ1) is 16.2. The molecule has 0 aliphatic carbocycles. The number of nitrogens with one attached hydrogen (secondary N) is 1. The summed E-state index contributed by atoms with van der Waals surface area (Å²) >= 11 is 0. The van der Waals surface area contributed by atoms with Crippen LogP contribution in [0.25, 0.3) is 6.08 Å². The van der Waals surface area contributed by atoms with Crippen molar-refractivity contribution >= 4 is 12.0 Å². The zero-order chi connectivity index (χ0) is 14.6. The Labute approximate surface area is 120 Å². The molecular formula is C16H23NO3. The van der Waals surface area contributed by atoms with Crippen molar-refractivity contribution in [2.45, 2.75) is 19.8 Å². The number of amides is 1. The van der Waals surface area contributed by atoms with Crippen LogP contribution in [0.5, 0.6) is 5.75 Å². The number of methoxy groups -OCH3 is 1. The molecule has 20 heavy (non-hydrogen) atoms. The lowest BCUT2D eigenvalue weighted by atomic mass is 10.2. The van der Waals surface area contributed by atoms with Crippen LogP contribution in [0.1, 0.15) is 25.3 Å². The van der Waals surface area contributed by atoms with Crippen LogP contribution in [0.3, 0.4) is 0 Å². The Morgan fingerprint density at radius 2 is 2.00 bits per heavy atom. The highest BCUT2D eigenvalue weighted by atomic mass is 16.5. The quantitative estimate of drug-likeness (QED) is 0.557. The third-order valence-corrected chi connectivity index (χ3v) is 2.68. The summed E-state index contributed by atoms with van der Waals surface area (Å²) in [4.78, 5) is 11.5. The van der Waals surface area contributed by atoms with E-state index >= 15 is 0 Å². The molecule has 0 unspecified atom stereocenters. The van der Waals surface area contributed by atoms with Crippen LogP contribution >= 0.6 is 0 Å². The second-order valence-corrected chi connectivity index (χ2v) is 4.39. The molecule has 1 rings (SSSR count). The molecule has 0 heterocycles. The van der Waals surface area contributed by atoms with E-state index in [0.717, 1.165) is 30.8 Å². The first-order valence-corrected chi connectivity index (χ1v) is 6.94. The van der Waals surface area contributed by atoms with E-state index in [1.807, 2.05) is 24.3 Å². The van der Waals surface area contributed by atoms with Gasteiger partial charge in [0.1, 0.15) is 5.75 Å². The fourth-order valence-electron chi connectivity index (χ4n) is 1.52. The number of hydrogen-bond donors (Lipinski definition) is 1. The van der Waals surface area contributed by atoms with Crippen molar-refractivity contribution in [3.8, 4) is 5.75 Å². The van der Waals surface area contributed by atoms with E-state index in [0.29, 0.717) is 13.2 Å². The third kappa shape index (κ3) is 6.95. The first-order valence-electron chi connectivity index (χ1n) is 6.94. The van der Waals surface area contributed by atoms with Gasteiger partial charge in [0.2, 0.25) is 5.91 Å². The molecule has 0 atom stereocenters. The van der Waals surface area contributed by atoms with Gasteiger partial charge in [-0.3, -0.25) is 4.79 Å². The van der Waals surface area contributed by atoms with E-state index in [-0.39, 0.29) is 5.91 Å². The highest BCUT2D eigenvalue weighted by Crippen LogP contribution is 2.13. The maximum Gasteiger partial charge on any atom is 0.244 e. The van der Waals surface area contributed by atoms with Crippen LogP contribution in [0.15, 0.2) is 30.3 Å². The van der Waals surface area contributed by atoms with E-state index in [9.17, 15) is 4.79 Å². The monoisotopic (exact) mass is 277 g/mol. The molecular weight excluding hydrogens is 254 g/mol. The fraction of sp³-hybridized carbons (Fsp3) is 0.438. The molecule has 0 saturated carbocycles. The summed E-state index contributed by atoms with van der Waals surface area (Å²) in [6.07, 6.45) is 5.48. The van der Waals surface area contributed by atoms with Crippen LogP contribution in [-0.2, 0) is 9.53 Å². The third-order valence-electron chi connectivity index (χ3n) is 2.68. The second-order valence-electron chi connectivity index (χ2n) is 4.39. The number of ether oxygens (including phenoxy) is 2. The molecule has 0 aromatic heterocycles. The lowest BCUT2D eigenvalue weighted by molar-refractivity contribution is -0.116. The van der Waals surface area contributed by atoms with Crippen LogP contribution in [0.4, 0.5) is 0 Å². The molecule has 1 N–H and O–H groups in total. The van der Waals surface area contributed by atoms with Gasteiger partial charge in [0, 0.05) is 19.7 Å². The normalized spacial score (nSPS) is 10.7. The number of carbonyl (C=O) groups is 1. The van der Waals surface area contributed by atoms with Crippen molar-refractivity contribution in [2.24, 2.45) is 0 Å². The van der Waals surface area contributed by atoms with Gasteiger partial charge in [-0.2, -0.15) is 0 Å². The Morgan fingerprint density at radius 1 is 1.25 bits per heavy atom. The molecule has 1 aromatic rings. The van der Waals surface area contributed by atoms with E-state index < -0.39 is 0 Å². The fourth-order valence-corrected chi connectivity index (χ4v) is 1.52. The number of rotatable bonds is 9. The lowest BCUT2D eigenvalue weighted by Gasteiger charge is -2.05. The summed E-state index contributed by atoms with van der Waals surface area (Å²) in [7, 11) is 1.60. The van der Waals surface area contributed by atoms with Crippen molar-refractivity contribution in [1.82, 2.24) is 5.32 Å². The van der Waals surface area contributed by atoms with Gasteiger partial charge in [-0.1, -0.05) is 25.5 Å². The molecule has 0 bridgehead atoms. The van der Waals surface area contributed by atoms with Crippen molar-refractivity contribution in [3.63, 3.8) is 0 Å². The van der Waals surface area contributed by atoms with Gasteiger partial charge >= 0.3 is 0 Å². The standard InChI is InChI=1S/C16H23NO3/c1-3-4-12-20-15-8-5-14(6-9-15)7-10-16(18)17-11-13-19-2/h5-10H,3-4,11-13H2,1-2H3,(H,17,18)/b10-7+. The molecule has 0 fully saturated rings. The lowest BCUT2D eigenvalue weighted by Crippen LogP contribution is -2.24. The Balaban J connectivity index is 2.38. The minimum atomic E-state index is -0.120. The summed E-state index contributed by atoms with van der Waals surface area (Å²) in [5.74, 6) is 0.741. The highest BCUT2D eigenvalue weighted by molar-refractivity contribution is 5.91. The molecule has 110 valence electrons. The van der Waals surface area contributed by atoms with E-state index in [1.54, 1.807) is 13.2 Å². The number of benzene rings is 1. The maximum absolute atomic E-state index is 11.5. The molecule has 0 spiro atoms. The summed E-state index contributed by atoms with van der Waals surface area (Å²) in [5.41, 5.74) is 0.967. The predicted molar refractivity (Wildman–Crippen MR) is 80.8 cm³/mol. The SMILES string of the molecule is CCCCOc1ccc(/C=C/C(=O)NCCOC)cc1. The predicted octanol–water partition coefficient (Wildman–Crippen LogP) is 2.64. The summed E-state index contributed by atoms with van der Waals surface area (Å²) in [5, 5.41) is 2.72. The Hall–Kier alpha value is -1.81. The van der Waals surface area contributed by atoms with Crippen LogP contribution in [-0.4, -0.2) is 32.8 Å². The van der Waals surface area contributed by atoms with Gasteiger partial charge in [0.25, 0.3) is 0 Å². The van der Waals surface area contributed by atoms with Crippen LogP contribution in [0, 0.1) is 0 Å². The van der Waals surface area contributed by atoms with Gasteiger partial charge in [0.15, 0.2) is 0 Å². The Bertz CT molecular complexity index is 412. The van der Waals surface area contributed by atoms with Gasteiger partial charge < -0.3 is 14.8 Å². The van der Waals surface area contributed by atoms with Crippen molar-refractivity contribution in [3.05, 3.63) is 35.9 Å². The topological polar surface area (TPSA) is 47.6 Å². The molecule has 4 nitrogen and oxygen atoms in total. The van der Waals surface area contributed by atoms with Crippen LogP contribution < -0.4 is 10.1 Å². The molecule has 4 heteroatoms. The average Bonchev–Trinajstić information content (AvgIpc) is 2.47. The van der Waals surface area contributed by atoms with Gasteiger partial charge in [0.05, 0.1) is 13.2 Å². The maximum atomic E-state index is 11.5. The Kier molecular flexibility index (Phi) is 8.15. The minimum absolute atomic E-state index is 0.120. The van der Waals surface area contributed by atoms with Crippen LogP contribution in [0.2, 0.25) is 0 Å². The second kappa shape index (κ2) is 10.0. The zero-order valence-corrected chi connectivity index (χ0v) is 12.2. The highest BCUT2D eigenvalue weighted by Gasteiger charge is 1.96. The van der Waals surface area contributed by atoms with E-state index in [1.165, 1.54) is 6.08 Å². The number of unbranched alkanes of at least 4 members (excludes halogenated alkanes) is 1. The smallest absolute Gasteiger partial charge is 0.244 e. The first-order chi connectivity index (χ1) is 9.76. The summed E-state index contributed by atoms with van der Waals surface area (Å²) in [6, 6.07) is 7.69. The van der Waals surface area contributed by atoms with Crippen molar-refractivity contribution in [1.29, 1.82) is 0 Å². The van der Waals surface area contributed by atoms with Gasteiger partial charge in [-0.05, 0) is 30.2 Å². The van der Waals surface area contributed by atoms with E-state index in [2.05, 4.69) is 12.2 Å². The van der Waals surface area contributed by atoms with Gasteiger partial charge in [-0.15, -0.1) is 0 Å². The molecule has 0 radical (unpaired) electrons. The number of hydrogen-bond acceptors (Lipinski definition) is 3. The Morgan fingerprint density at radius 3 is 2.65 bits per heavy atom.